The van der Waals surface area contributed by atoms with E-state index in [1.165, 1.54) is 15.4 Å². The number of nitrogens with one attached hydrogen (secondary N) is 1. The largest absolute Gasteiger partial charge is 0.365 e. The average Bonchev–Trinajstić information content (AvgIpc) is 2.74. The maximum atomic E-state index is 4.32. The van der Waals surface area contributed by atoms with Crippen molar-refractivity contribution in [1.82, 2.24) is 9.97 Å². The Balaban J connectivity index is 1.96. The molecule has 0 saturated carbocycles. The molecule has 0 spiro atoms. The van der Waals surface area contributed by atoms with E-state index in [2.05, 4.69) is 29.1 Å². The van der Waals surface area contributed by atoms with Crippen LogP contribution in [0.15, 0.2) is 24.5 Å². The Hall–Kier alpha value is -1.42. The second-order valence-corrected chi connectivity index (χ2v) is 4.85. The van der Waals surface area contributed by atoms with Crippen LogP contribution < -0.4 is 5.32 Å². The molecule has 0 radical (unpaired) electrons. The van der Waals surface area contributed by atoms with E-state index in [0.29, 0.717) is 0 Å². The van der Waals surface area contributed by atoms with Crippen molar-refractivity contribution >= 4 is 17.2 Å². The van der Waals surface area contributed by atoms with E-state index >= 15 is 0 Å². The molecule has 2 heterocycles. The summed E-state index contributed by atoms with van der Waals surface area (Å²) in [6.45, 7) is 4.99. The highest BCUT2D eigenvalue weighted by molar-refractivity contribution is 7.11. The Morgan fingerprint density at radius 2 is 2.25 bits per heavy atom. The third kappa shape index (κ3) is 2.79. The number of aromatic nitrogens is 2. The molecule has 0 aliphatic heterocycles. The summed E-state index contributed by atoms with van der Waals surface area (Å²) in [5.74, 6) is 0.923. The molecule has 0 aliphatic carbocycles. The van der Waals surface area contributed by atoms with Crippen molar-refractivity contribution < 1.29 is 0 Å². The lowest BCUT2D eigenvalue weighted by Gasteiger charge is -2.03. The number of aryl methyl sites for hydroxylation is 2. The molecule has 0 unspecified atom stereocenters. The number of hydrogen-bond donors (Lipinski definition) is 1. The van der Waals surface area contributed by atoms with Gasteiger partial charge in [-0.15, -0.1) is 11.3 Å². The molecule has 2 aromatic heterocycles. The molecule has 0 saturated heterocycles. The van der Waals surface area contributed by atoms with Crippen molar-refractivity contribution in [3.63, 3.8) is 0 Å². The first-order valence-electron chi connectivity index (χ1n) is 5.38. The second kappa shape index (κ2) is 5.07. The zero-order valence-corrected chi connectivity index (χ0v) is 10.3. The summed E-state index contributed by atoms with van der Waals surface area (Å²) in [5, 5.41) is 4.49. The number of nitrogens with zero attached hydrogens (tertiary/aromatic N) is 2. The Morgan fingerprint density at radius 3 is 2.94 bits per heavy atom. The minimum atomic E-state index is 0.800. The molecule has 0 amide bonds. The van der Waals surface area contributed by atoms with Crippen molar-refractivity contribution in [3.05, 3.63) is 40.0 Å². The number of hydrogen-bond acceptors (Lipinski definition) is 4. The van der Waals surface area contributed by atoms with Gasteiger partial charge in [-0.2, -0.15) is 0 Å². The second-order valence-electron chi connectivity index (χ2n) is 3.65. The lowest BCUT2D eigenvalue weighted by atomic mass is 10.3. The first-order chi connectivity index (χ1) is 7.78. The first-order valence-corrected chi connectivity index (χ1v) is 6.19. The maximum Gasteiger partial charge on any atom is 0.126 e. The fourth-order valence-electron chi connectivity index (χ4n) is 1.40. The fraction of sp³-hybridized carbons (Fsp3) is 0.333. The van der Waals surface area contributed by atoms with Crippen LogP contribution in [0.3, 0.4) is 0 Å². The van der Waals surface area contributed by atoms with E-state index in [-0.39, 0.29) is 0 Å². The van der Waals surface area contributed by atoms with Crippen LogP contribution in [0.2, 0.25) is 0 Å². The molecular weight excluding hydrogens is 218 g/mol. The number of thiazole rings is 1. The third-order valence-corrected chi connectivity index (χ3v) is 3.40. The Bertz CT molecular complexity index is 465. The van der Waals surface area contributed by atoms with Crippen molar-refractivity contribution in [2.75, 3.05) is 5.32 Å². The summed E-state index contributed by atoms with van der Waals surface area (Å²) >= 11 is 1.75. The highest BCUT2D eigenvalue weighted by atomic mass is 32.1. The van der Waals surface area contributed by atoms with Crippen LogP contribution in [0.5, 0.6) is 0 Å². The van der Waals surface area contributed by atoms with Gasteiger partial charge in [0.25, 0.3) is 0 Å². The molecule has 0 fully saturated rings. The normalized spacial score (nSPS) is 10.4. The summed E-state index contributed by atoms with van der Waals surface area (Å²) in [5.41, 5.74) is 1.22. The van der Waals surface area contributed by atoms with Crippen LogP contribution in [0, 0.1) is 6.92 Å². The van der Waals surface area contributed by atoms with Gasteiger partial charge in [-0.05, 0) is 31.0 Å². The number of pyridine rings is 1. The molecule has 2 aromatic rings. The van der Waals surface area contributed by atoms with Gasteiger partial charge in [0.2, 0.25) is 0 Å². The van der Waals surface area contributed by atoms with Gasteiger partial charge in [-0.25, -0.2) is 9.97 Å². The van der Waals surface area contributed by atoms with Crippen molar-refractivity contribution in [1.29, 1.82) is 0 Å². The Morgan fingerprint density at radius 1 is 1.38 bits per heavy atom. The number of rotatable bonds is 4. The van der Waals surface area contributed by atoms with Gasteiger partial charge in [0, 0.05) is 17.3 Å². The predicted octanol–water partition coefficient (Wildman–Crippen LogP) is 3.02. The van der Waals surface area contributed by atoms with Crippen molar-refractivity contribution in [2.24, 2.45) is 0 Å². The molecule has 0 aromatic carbocycles. The topological polar surface area (TPSA) is 37.8 Å². The summed E-state index contributed by atoms with van der Waals surface area (Å²) in [6.07, 6.45) is 4.77. The minimum Gasteiger partial charge on any atom is -0.365 e. The van der Waals surface area contributed by atoms with Gasteiger partial charge >= 0.3 is 0 Å². The quantitative estimate of drug-likeness (QED) is 0.882. The van der Waals surface area contributed by atoms with E-state index in [9.17, 15) is 0 Å². The standard InChI is InChI=1S/C12H15N3S/c1-3-12-15-8-10(16-12)7-14-11-6-9(2)4-5-13-11/h4-6,8H,3,7H2,1-2H3,(H,13,14). The van der Waals surface area contributed by atoms with E-state index in [0.717, 1.165) is 18.8 Å². The molecule has 16 heavy (non-hydrogen) atoms. The molecular formula is C12H15N3S. The fourth-order valence-corrected chi connectivity index (χ4v) is 2.21. The zero-order chi connectivity index (χ0) is 11.4. The molecule has 0 bridgehead atoms. The monoisotopic (exact) mass is 233 g/mol. The summed E-state index contributed by atoms with van der Waals surface area (Å²) in [7, 11) is 0. The van der Waals surface area contributed by atoms with Crippen molar-refractivity contribution in [3.8, 4) is 0 Å². The van der Waals surface area contributed by atoms with Crippen LogP contribution in [-0.2, 0) is 13.0 Å². The van der Waals surface area contributed by atoms with Crippen molar-refractivity contribution in [2.45, 2.75) is 26.8 Å². The molecule has 3 nitrogen and oxygen atoms in total. The molecule has 4 heteroatoms. The van der Waals surface area contributed by atoms with E-state index in [4.69, 9.17) is 0 Å². The van der Waals surface area contributed by atoms with E-state index < -0.39 is 0 Å². The van der Waals surface area contributed by atoms with Crippen LogP contribution in [-0.4, -0.2) is 9.97 Å². The number of anilines is 1. The third-order valence-electron chi connectivity index (χ3n) is 2.26. The van der Waals surface area contributed by atoms with Gasteiger partial charge in [-0.3, -0.25) is 0 Å². The SMILES string of the molecule is CCc1ncc(CNc2cc(C)ccn2)s1. The van der Waals surface area contributed by atoms with Gasteiger partial charge in [0.1, 0.15) is 5.82 Å². The van der Waals surface area contributed by atoms with E-state index in [1.807, 2.05) is 24.5 Å². The minimum absolute atomic E-state index is 0.800. The summed E-state index contributed by atoms with van der Waals surface area (Å²) < 4.78 is 0. The van der Waals surface area contributed by atoms with Crippen LogP contribution >= 0.6 is 11.3 Å². The van der Waals surface area contributed by atoms with Gasteiger partial charge in [0.15, 0.2) is 0 Å². The average molecular weight is 233 g/mol. The highest BCUT2D eigenvalue weighted by Gasteiger charge is 2.00. The van der Waals surface area contributed by atoms with Gasteiger partial charge in [-0.1, -0.05) is 6.92 Å². The Kier molecular flexibility index (Phi) is 3.51. The predicted molar refractivity (Wildman–Crippen MR) is 67.8 cm³/mol. The van der Waals surface area contributed by atoms with Gasteiger partial charge in [0.05, 0.1) is 11.6 Å². The maximum absolute atomic E-state index is 4.32. The molecule has 0 atom stereocenters. The smallest absolute Gasteiger partial charge is 0.126 e. The Labute approximate surface area is 99.6 Å². The van der Waals surface area contributed by atoms with Crippen LogP contribution in [0.25, 0.3) is 0 Å². The molecule has 2 rings (SSSR count). The molecule has 84 valence electrons. The zero-order valence-electron chi connectivity index (χ0n) is 9.53. The van der Waals surface area contributed by atoms with Crippen LogP contribution in [0.4, 0.5) is 5.82 Å². The molecule has 0 aliphatic rings. The molecule has 1 N–H and O–H groups in total. The summed E-state index contributed by atoms with van der Waals surface area (Å²) in [4.78, 5) is 9.83. The lowest BCUT2D eigenvalue weighted by molar-refractivity contribution is 1.08. The van der Waals surface area contributed by atoms with E-state index in [1.54, 1.807) is 11.3 Å². The van der Waals surface area contributed by atoms with Gasteiger partial charge < -0.3 is 5.32 Å². The lowest BCUT2D eigenvalue weighted by Crippen LogP contribution is -1.99. The highest BCUT2D eigenvalue weighted by Crippen LogP contribution is 2.15. The van der Waals surface area contributed by atoms with Crippen LogP contribution in [0.1, 0.15) is 22.4 Å². The summed E-state index contributed by atoms with van der Waals surface area (Å²) in [6, 6.07) is 4.04. The first kappa shape index (κ1) is 11.1.